The monoisotopic (exact) mass is 227 g/mol. The third-order valence-corrected chi connectivity index (χ3v) is 2.90. The third-order valence-electron chi connectivity index (χ3n) is 2.90. The Hall–Kier alpha value is -0.570. The van der Waals surface area contributed by atoms with Gasteiger partial charge in [0.05, 0.1) is 6.42 Å². The van der Waals surface area contributed by atoms with E-state index in [-0.39, 0.29) is 23.5 Å². The fourth-order valence-electron chi connectivity index (χ4n) is 2.31. The molecule has 0 bridgehead atoms. The molecule has 1 saturated carbocycles. The Kier molecular flexibility index (Phi) is 4.78. The van der Waals surface area contributed by atoms with Crippen molar-refractivity contribution in [2.24, 2.45) is 11.1 Å². The first kappa shape index (κ1) is 13.5. The summed E-state index contributed by atoms with van der Waals surface area (Å²) in [6.07, 6.45) is 5.80. The van der Waals surface area contributed by atoms with Crippen molar-refractivity contribution < 1.29 is 9.53 Å². The lowest BCUT2D eigenvalue weighted by Crippen LogP contribution is -2.30. The van der Waals surface area contributed by atoms with Crippen LogP contribution in [-0.4, -0.2) is 18.1 Å². The summed E-state index contributed by atoms with van der Waals surface area (Å²) in [5.41, 5.74) is 6.11. The van der Waals surface area contributed by atoms with Crippen LogP contribution in [0.2, 0.25) is 0 Å². The Bertz CT molecular complexity index is 227. The fourth-order valence-corrected chi connectivity index (χ4v) is 2.31. The zero-order chi connectivity index (χ0) is 12.2. The van der Waals surface area contributed by atoms with Crippen molar-refractivity contribution in [1.29, 1.82) is 0 Å². The predicted octanol–water partition coefficient (Wildman–Crippen LogP) is 2.63. The van der Waals surface area contributed by atoms with Gasteiger partial charge in [0.2, 0.25) is 0 Å². The smallest absolute Gasteiger partial charge is 0.307 e. The Morgan fingerprint density at radius 3 is 2.44 bits per heavy atom. The largest absolute Gasteiger partial charge is 0.462 e. The maximum Gasteiger partial charge on any atom is 0.307 e. The molecule has 1 fully saturated rings. The number of hydrogen-bond acceptors (Lipinski definition) is 3. The van der Waals surface area contributed by atoms with Gasteiger partial charge in [0.1, 0.15) is 6.10 Å². The second-order valence-corrected chi connectivity index (χ2v) is 6.13. The first-order valence-electron chi connectivity index (χ1n) is 6.32. The van der Waals surface area contributed by atoms with Crippen LogP contribution >= 0.6 is 0 Å². The summed E-state index contributed by atoms with van der Waals surface area (Å²) in [5, 5.41) is 0. The Morgan fingerprint density at radius 2 is 1.94 bits per heavy atom. The molecule has 0 radical (unpaired) electrons. The van der Waals surface area contributed by atoms with Crippen LogP contribution in [0.1, 0.15) is 59.3 Å². The van der Waals surface area contributed by atoms with Crippen LogP contribution in [0.25, 0.3) is 0 Å². The average Bonchev–Trinajstić information content (AvgIpc) is 2.51. The molecule has 0 saturated heterocycles. The number of rotatable bonds is 4. The van der Waals surface area contributed by atoms with Crippen LogP contribution in [0.3, 0.4) is 0 Å². The van der Waals surface area contributed by atoms with Crippen molar-refractivity contribution >= 4 is 5.97 Å². The zero-order valence-electron chi connectivity index (χ0n) is 10.8. The molecule has 0 amide bonds. The lowest BCUT2D eigenvalue weighted by Gasteiger charge is -2.23. The quantitative estimate of drug-likeness (QED) is 0.751. The maximum absolute atomic E-state index is 11.6. The summed E-state index contributed by atoms with van der Waals surface area (Å²) in [7, 11) is 0. The minimum atomic E-state index is -0.122. The van der Waals surface area contributed by atoms with Gasteiger partial charge in [0, 0.05) is 6.04 Å². The van der Waals surface area contributed by atoms with E-state index in [9.17, 15) is 4.79 Å². The van der Waals surface area contributed by atoms with Crippen molar-refractivity contribution in [2.75, 3.05) is 0 Å². The SMILES string of the molecule is CC(C)(C)CC(N)CC(=O)OC1CCCC1. The topological polar surface area (TPSA) is 52.3 Å². The Labute approximate surface area is 98.7 Å². The van der Waals surface area contributed by atoms with E-state index in [2.05, 4.69) is 20.8 Å². The Morgan fingerprint density at radius 1 is 1.38 bits per heavy atom. The molecule has 0 aromatic rings. The molecule has 3 heteroatoms. The first-order valence-corrected chi connectivity index (χ1v) is 6.32. The number of esters is 1. The standard InChI is InChI=1S/C13H25NO2/c1-13(2,3)9-10(14)8-12(15)16-11-6-4-5-7-11/h10-11H,4-9,14H2,1-3H3. The molecule has 0 spiro atoms. The van der Waals surface area contributed by atoms with E-state index in [1.165, 1.54) is 12.8 Å². The molecule has 1 unspecified atom stereocenters. The highest BCUT2D eigenvalue weighted by Gasteiger charge is 2.22. The predicted molar refractivity (Wildman–Crippen MR) is 65.0 cm³/mol. The molecular weight excluding hydrogens is 202 g/mol. The van der Waals surface area contributed by atoms with E-state index < -0.39 is 0 Å². The van der Waals surface area contributed by atoms with Gasteiger partial charge in [-0.3, -0.25) is 4.79 Å². The molecule has 1 atom stereocenters. The van der Waals surface area contributed by atoms with Gasteiger partial charge < -0.3 is 10.5 Å². The molecule has 94 valence electrons. The van der Waals surface area contributed by atoms with E-state index in [4.69, 9.17) is 10.5 Å². The molecule has 1 rings (SSSR count). The van der Waals surface area contributed by atoms with Gasteiger partial charge in [-0.1, -0.05) is 20.8 Å². The molecule has 16 heavy (non-hydrogen) atoms. The van der Waals surface area contributed by atoms with Gasteiger partial charge in [-0.05, 0) is 37.5 Å². The highest BCUT2D eigenvalue weighted by atomic mass is 16.5. The fraction of sp³-hybridized carbons (Fsp3) is 0.923. The van der Waals surface area contributed by atoms with Crippen molar-refractivity contribution in [3.8, 4) is 0 Å². The van der Waals surface area contributed by atoms with Crippen molar-refractivity contribution in [2.45, 2.75) is 71.4 Å². The highest BCUT2D eigenvalue weighted by Crippen LogP contribution is 2.23. The van der Waals surface area contributed by atoms with Gasteiger partial charge in [-0.25, -0.2) is 0 Å². The van der Waals surface area contributed by atoms with Crippen LogP contribution in [0.4, 0.5) is 0 Å². The second kappa shape index (κ2) is 5.67. The minimum absolute atomic E-state index is 0.0751. The number of nitrogens with two attached hydrogens (primary N) is 1. The summed E-state index contributed by atoms with van der Waals surface area (Å²) >= 11 is 0. The minimum Gasteiger partial charge on any atom is -0.462 e. The molecule has 0 aromatic heterocycles. The van der Waals surface area contributed by atoms with Crippen LogP contribution in [0.5, 0.6) is 0 Å². The van der Waals surface area contributed by atoms with E-state index in [1.807, 2.05) is 0 Å². The summed E-state index contributed by atoms with van der Waals surface area (Å²) in [6.45, 7) is 6.40. The van der Waals surface area contributed by atoms with Crippen LogP contribution < -0.4 is 5.73 Å². The zero-order valence-corrected chi connectivity index (χ0v) is 10.8. The molecule has 3 nitrogen and oxygen atoms in total. The summed E-state index contributed by atoms with van der Waals surface area (Å²) < 4.78 is 5.38. The lowest BCUT2D eigenvalue weighted by atomic mass is 9.87. The van der Waals surface area contributed by atoms with Crippen molar-refractivity contribution in [3.05, 3.63) is 0 Å². The average molecular weight is 227 g/mol. The molecule has 0 aromatic carbocycles. The summed E-state index contributed by atoms with van der Waals surface area (Å²) in [4.78, 5) is 11.6. The van der Waals surface area contributed by atoms with Gasteiger partial charge in [0.15, 0.2) is 0 Å². The molecule has 0 heterocycles. The van der Waals surface area contributed by atoms with E-state index in [1.54, 1.807) is 0 Å². The molecule has 2 N–H and O–H groups in total. The molecule has 0 aliphatic heterocycles. The maximum atomic E-state index is 11.6. The Balaban J connectivity index is 2.22. The molecular formula is C13H25NO2. The number of carbonyl (C=O) groups is 1. The van der Waals surface area contributed by atoms with Gasteiger partial charge in [-0.2, -0.15) is 0 Å². The van der Waals surface area contributed by atoms with Crippen molar-refractivity contribution in [3.63, 3.8) is 0 Å². The number of carbonyl (C=O) groups excluding carboxylic acids is 1. The van der Waals surface area contributed by atoms with Gasteiger partial charge in [0.25, 0.3) is 0 Å². The van der Waals surface area contributed by atoms with E-state index >= 15 is 0 Å². The van der Waals surface area contributed by atoms with Crippen LogP contribution in [-0.2, 0) is 9.53 Å². The highest BCUT2D eigenvalue weighted by molar-refractivity contribution is 5.70. The van der Waals surface area contributed by atoms with Crippen LogP contribution in [0, 0.1) is 5.41 Å². The molecule has 1 aliphatic rings. The number of ether oxygens (including phenoxy) is 1. The van der Waals surface area contributed by atoms with E-state index in [0.29, 0.717) is 6.42 Å². The van der Waals surface area contributed by atoms with Gasteiger partial charge >= 0.3 is 5.97 Å². The summed E-state index contributed by atoms with van der Waals surface area (Å²) in [6, 6.07) is -0.0751. The lowest BCUT2D eigenvalue weighted by molar-refractivity contribution is -0.149. The first-order chi connectivity index (χ1) is 7.37. The van der Waals surface area contributed by atoms with Crippen molar-refractivity contribution in [1.82, 2.24) is 0 Å². The van der Waals surface area contributed by atoms with Crippen LogP contribution in [0.15, 0.2) is 0 Å². The normalized spacial score (nSPS) is 19.8. The van der Waals surface area contributed by atoms with Gasteiger partial charge in [-0.15, -0.1) is 0 Å². The van der Waals surface area contributed by atoms with E-state index in [0.717, 1.165) is 19.3 Å². The third kappa shape index (κ3) is 5.50. The summed E-state index contributed by atoms with van der Waals surface area (Å²) in [5.74, 6) is -0.122. The second-order valence-electron chi connectivity index (χ2n) is 6.13. The molecule has 1 aliphatic carbocycles. The number of hydrogen-bond donors (Lipinski definition) is 1.